The lowest BCUT2D eigenvalue weighted by atomic mass is 10.2. The number of aryl methyl sites for hydroxylation is 1. The average Bonchev–Trinajstić information content (AvgIpc) is 2.70. The SMILES string of the molecule is Cc1nc(CCN2C(=O)SC(C)(C)C2=O)cs1. The lowest BCUT2D eigenvalue weighted by Crippen LogP contribution is -2.36. The molecule has 0 aromatic carbocycles. The first-order valence-electron chi connectivity index (χ1n) is 5.36. The van der Waals surface area contributed by atoms with Crippen molar-refractivity contribution in [3.05, 3.63) is 16.1 Å². The van der Waals surface area contributed by atoms with Gasteiger partial charge >= 0.3 is 0 Å². The zero-order valence-corrected chi connectivity index (χ0v) is 11.7. The van der Waals surface area contributed by atoms with Crippen LogP contribution in [0.2, 0.25) is 0 Å². The molecule has 4 nitrogen and oxygen atoms in total. The summed E-state index contributed by atoms with van der Waals surface area (Å²) < 4.78 is -0.616. The standard InChI is InChI=1S/C11H14N2O2S2/c1-7-12-8(6-16-7)4-5-13-9(14)11(2,3)17-10(13)15/h6H,4-5H2,1-3H3. The second-order valence-electron chi connectivity index (χ2n) is 4.44. The van der Waals surface area contributed by atoms with E-state index in [1.807, 2.05) is 12.3 Å². The summed E-state index contributed by atoms with van der Waals surface area (Å²) in [6, 6.07) is 0. The predicted octanol–water partition coefficient (Wildman–Crippen LogP) is 2.47. The zero-order valence-electron chi connectivity index (χ0n) is 10.0. The van der Waals surface area contributed by atoms with Gasteiger partial charge in [0, 0.05) is 18.3 Å². The van der Waals surface area contributed by atoms with Gasteiger partial charge in [-0.1, -0.05) is 0 Å². The molecule has 0 aliphatic carbocycles. The summed E-state index contributed by atoms with van der Waals surface area (Å²) in [5.74, 6) is -0.0977. The van der Waals surface area contributed by atoms with Gasteiger partial charge in [0.1, 0.15) is 0 Å². The molecule has 0 bridgehead atoms. The largest absolute Gasteiger partial charge is 0.289 e. The van der Waals surface area contributed by atoms with E-state index in [-0.39, 0.29) is 11.1 Å². The number of thiazole rings is 1. The quantitative estimate of drug-likeness (QED) is 0.846. The van der Waals surface area contributed by atoms with E-state index in [1.54, 1.807) is 25.2 Å². The molecule has 1 aliphatic heterocycles. The third-order valence-electron chi connectivity index (χ3n) is 2.58. The topological polar surface area (TPSA) is 50.3 Å². The van der Waals surface area contributed by atoms with E-state index < -0.39 is 4.75 Å². The highest BCUT2D eigenvalue weighted by molar-refractivity contribution is 8.16. The van der Waals surface area contributed by atoms with E-state index in [4.69, 9.17) is 0 Å². The first kappa shape index (κ1) is 12.6. The molecule has 0 unspecified atom stereocenters. The van der Waals surface area contributed by atoms with E-state index in [0.717, 1.165) is 22.5 Å². The van der Waals surface area contributed by atoms with E-state index in [1.165, 1.54) is 4.90 Å². The van der Waals surface area contributed by atoms with Crippen LogP contribution in [0.1, 0.15) is 24.5 Å². The first-order valence-corrected chi connectivity index (χ1v) is 7.06. The maximum atomic E-state index is 11.9. The third-order valence-corrected chi connectivity index (χ3v) is 4.48. The molecule has 2 amide bonds. The molecule has 2 rings (SSSR count). The fourth-order valence-corrected chi connectivity index (χ4v) is 3.23. The van der Waals surface area contributed by atoms with Crippen LogP contribution >= 0.6 is 23.1 Å². The minimum absolute atomic E-state index is 0.0977. The van der Waals surface area contributed by atoms with Crippen LogP contribution in [0.25, 0.3) is 0 Å². The van der Waals surface area contributed by atoms with E-state index >= 15 is 0 Å². The molecule has 2 heterocycles. The highest BCUT2D eigenvalue weighted by Gasteiger charge is 2.45. The van der Waals surface area contributed by atoms with Crippen LogP contribution in [0, 0.1) is 6.92 Å². The van der Waals surface area contributed by atoms with Crippen molar-refractivity contribution in [3.63, 3.8) is 0 Å². The van der Waals surface area contributed by atoms with Gasteiger partial charge in [-0.05, 0) is 32.5 Å². The van der Waals surface area contributed by atoms with Crippen molar-refractivity contribution in [2.45, 2.75) is 31.9 Å². The van der Waals surface area contributed by atoms with Crippen LogP contribution < -0.4 is 0 Å². The highest BCUT2D eigenvalue weighted by atomic mass is 32.2. The summed E-state index contributed by atoms with van der Waals surface area (Å²) >= 11 is 2.68. The van der Waals surface area contributed by atoms with Crippen molar-refractivity contribution in [2.75, 3.05) is 6.54 Å². The summed E-state index contributed by atoms with van der Waals surface area (Å²) in [6.45, 7) is 5.94. The molecule has 0 radical (unpaired) electrons. The lowest BCUT2D eigenvalue weighted by Gasteiger charge is -2.15. The molecule has 0 spiro atoms. The Bertz CT molecular complexity index is 468. The van der Waals surface area contributed by atoms with E-state index in [9.17, 15) is 9.59 Å². The Morgan fingerprint density at radius 2 is 2.12 bits per heavy atom. The number of hydrogen-bond donors (Lipinski definition) is 0. The fourth-order valence-electron chi connectivity index (χ4n) is 1.67. The first-order chi connectivity index (χ1) is 7.90. The number of thioether (sulfide) groups is 1. The maximum absolute atomic E-state index is 11.9. The molecule has 0 N–H and O–H groups in total. The Labute approximate surface area is 108 Å². The number of aromatic nitrogens is 1. The van der Waals surface area contributed by atoms with Crippen molar-refractivity contribution in [1.29, 1.82) is 0 Å². The van der Waals surface area contributed by atoms with E-state index in [0.29, 0.717) is 13.0 Å². The average molecular weight is 270 g/mol. The zero-order chi connectivity index (χ0) is 12.6. The molecule has 0 saturated carbocycles. The molecule has 1 saturated heterocycles. The molecule has 1 aliphatic rings. The third kappa shape index (κ3) is 2.52. The smallest absolute Gasteiger partial charge is 0.273 e. The molecule has 6 heteroatoms. The fraction of sp³-hybridized carbons (Fsp3) is 0.545. The van der Waals surface area contributed by atoms with Gasteiger partial charge in [-0.15, -0.1) is 11.3 Å². The molecule has 17 heavy (non-hydrogen) atoms. The van der Waals surface area contributed by atoms with E-state index in [2.05, 4.69) is 4.98 Å². The lowest BCUT2D eigenvalue weighted by molar-refractivity contribution is -0.128. The molecule has 1 aromatic rings. The summed E-state index contributed by atoms with van der Waals surface area (Å²) in [6.07, 6.45) is 0.637. The van der Waals surface area contributed by atoms with Crippen LogP contribution in [0.3, 0.4) is 0 Å². The molecule has 1 aromatic heterocycles. The van der Waals surface area contributed by atoms with Crippen molar-refractivity contribution < 1.29 is 9.59 Å². The maximum Gasteiger partial charge on any atom is 0.289 e. The van der Waals surface area contributed by atoms with Gasteiger partial charge in [-0.2, -0.15) is 0 Å². The van der Waals surface area contributed by atoms with Crippen LogP contribution in [0.15, 0.2) is 5.38 Å². The number of carbonyl (C=O) groups is 2. The van der Waals surface area contributed by atoms with Crippen LogP contribution in [-0.4, -0.2) is 32.3 Å². The summed E-state index contributed by atoms with van der Waals surface area (Å²) in [4.78, 5) is 29.3. The Hall–Kier alpha value is -0.880. The number of imide groups is 1. The number of nitrogens with zero attached hydrogens (tertiary/aromatic N) is 2. The predicted molar refractivity (Wildman–Crippen MR) is 69.3 cm³/mol. The second-order valence-corrected chi connectivity index (χ2v) is 7.08. The van der Waals surface area contributed by atoms with Crippen LogP contribution in [0.4, 0.5) is 4.79 Å². The number of carbonyl (C=O) groups excluding carboxylic acids is 2. The Balaban J connectivity index is 2.00. The molecule has 92 valence electrons. The minimum atomic E-state index is -0.616. The number of amides is 2. The molecule has 1 fully saturated rings. The van der Waals surface area contributed by atoms with Crippen molar-refractivity contribution >= 4 is 34.2 Å². The minimum Gasteiger partial charge on any atom is -0.273 e. The molecular formula is C11H14N2O2S2. The second kappa shape index (κ2) is 4.42. The van der Waals surface area contributed by atoms with Crippen LogP contribution in [-0.2, 0) is 11.2 Å². The number of rotatable bonds is 3. The van der Waals surface area contributed by atoms with Crippen molar-refractivity contribution in [1.82, 2.24) is 9.88 Å². The van der Waals surface area contributed by atoms with Gasteiger partial charge in [0.15, 0.2) is 0 Å². The summed E-state index contributed by atoms with van der Waals surface area (Å²) in [5.41, 5.74) is 0.947. The monoisotopic (exact) mass is 270 g/mol. The van der Waals surface area contributed by atoms with Gasteiger partial charge in [0.05, 0.1) is 15.4 Å². The van der Waals surface area contributed by atoms with Gasteiger partial charge in [-0.25, -0.2) is 4.98 Å². The van der Waals surface area contributed by atoms with Gasteiger partial charge < -0.3 is 0 Å². The summed E-state index contributed by atoms with van der Waals surface area (Å²) in [7, 11) is 0. The van der Waals surface area contributed by atoms with Gasteiger partial charge in [0.25, 0.3) is 5.24 Å². The summed E-state index contributed by atoms with van der Waals surface area (Å²) in [5, 5.41) is 2.83. The Kier molecular flexibility index (Phi) is 3.27. The van der Waals surface area contributed by atoms with Gasteiger partial charge in [-0.3, -0.25) is 14.5 Å². The van der Waals surface area contributed by atoms with Gasteiger partial charge in [0.2, 0.25) is 5.91 Å². The Morgan fingerprint density at radius 3 is 2.59 bits per heavy atom. The van der Waals surface area contributed by atoms with Crippen molar-refractivity contribution in [2.24, 2.45) is 0 Å². The Morgan fingerprint density at radius 1 is 1.41 bits per heavy atom. The van der Waals surface area contributed by atoms with Crippen molar-refractivity contribution in [3.8, 4) is 0 Å². The van der Waals surface area contributed by atoms with Crippen LogP contribution in [0.5, 0.6) is 0 Å². The normalized spacial score (nSPS) is 19.1. The molecular weight excluding hydrogens is 256 g/mol. The molecule has 0 atom stereocenters. The highest BCUT2D eigenvalue weighted by Crippen LogP contribution is 2.36. The number of hydrogen-bond acceptors (Lipinski definition) is 5.